The zero-order valence-corrected chi connectivity index (χ0v) is 11.9. The fourth-order valence-corrected chi connectivity index (χ4v) is 4.32. The number of benzene rings is 1. The average molecular weight is 312 g/mol. The van der Waals surface area contributed by atoms with Crippen LogP contribution in [0.15, 0.2) is 16.8 Å². The van der Waals surface area contributed by atoms with Crippen LogP contribution in [0.2, 0.25) is 0 Å². The molecule has 0 N–H and O–H groups in total. The summed E-state index contributed by atoms with van der Waals surface area (Å²) in [6.07, 6.45) is 0.516. The highest BCUT2D eigenvalue weighted by Gasteiger charge is 2.32. The second-order valence-corrected chi connectivity index (χ2v) is 7.22. The van der Waals surface area contributed by atoms with E-state index < -0.39 is 14.8 Å². The summed E-state index contributed by atoms with van der Waals surface area (Å²) in [5, 5.41) is 18.2. The number of anilines is 1. The molecular formula is C11H12N4O5S. The number of nitrogens with zero attached hydrogens (tertiary/aromatic N) is 4. The predicted octanol–water partition coefficient (Wildman–Crippen LogP) is 0.754. The average Bonchev–Trinajstić information content (AvgIpc) is 3.02. The Balaban J connectivity index is 2.03. The second kappa shape index (κ2) is 4.65. The van der Waals surface area contributed by atoms with Crippen LogP contribution in [0.3, 0.4) is 0 Å². The number of hydrogen-bond acceptors (Lipinski definition) is 8. The zero-order valence-electron chi connectivity index (χ0n) is 11.1. The normalized spacial score (nSPS) is 20.7. The summed E-state index contributed by atoms with van der Waals surface area (Å²) < 4.78 is 27.7. The predicted molar refractivity (Wildman–Crippen MR) is 73.9 cm³/mol. The number of nitro benzene ring substituents is 1. The van der Waals surface area contributed by atoms with Crippen LogP contribution in [0.5, 0.6) is 0 Å². The van der Waals surface area contributed by atoms with Gasteiger partial charge >= 0.3 is 5.69 Å². The lowest BCUT2D eigenvalue weighted by molar-refractivity contribution is -0.383. The van der Waals surface area contributed by atoms with Gasteiger partial charge in [0.2, 0.25) is 5.52 Å². The van der Waals surface area contributed by atoms with Crippen molar-refractivity contribution in [3.8, 4) is 0 Å². The standard InChI is InChI=1S/C11H12N4O5S/c1-14(7-4-5-21(18,19)6-7)8-2-3-9(15(16)17)11-10(8)12-20-13-11/h2-3,7H,4-6H2,1H3. The summed E-state index contributed by atoms with van der Waals surface area (Å²) in [6, 6.07) is 2.67. The molecule has 1 aromatic carbocycles. The summed E-state index contributed by atoms with van der Waals surface area (Å²) >= 11 is 0. The van der Waals surface area contributed by atoms with Gasteiger partial charge in [0.1, 0.15) is 0 Å². The SMILES string of the molecule is CN(c1ccc([N+](=O)[O-])c2nonc12)C1CCS(=O)(=O)C1. The number of nitro groups is 1. The molecule has 21 heavy (non-hydrogen) atoms. The minimum absolute atomic E-state index is 0.0604. The van der Waals surface area contributed by atoms with E-state index in [1.165, 1.54) is 12.1 Å². The highest BCUT2D eigenvalue weighted by molar-refractivity contribution is 7.91. The number of hydrogen-bond donors (Lipinski definition) is 0. The van der Waals surface area contributed by atoms with Crippen LogP contribution in [0.25, 0.3) is 11.0 Å². The van der Waals surface area contributed by atoms with Crippen molar-refractivity contribution in [1.82, 2.24) is 10.3 Å². The fourth-order valence-electron chi connectivity index (χ4n) is 2.55. The highest BCUT2D eigenvalue weighted by Crippen LogP contribution is 2.33. The molecule has 1 aliphatic rings. The van der Waals surface area contributed by atoms with E-state index in [0.717, 1.165) is 0 Å². The lowest BCUT2D eigenvalue weighted by Gasteiger charge is -2.25. The Morgan fingerprint density at radius 2 is 2.10 bits per heavy atom. The van der Waals surface area contributed by atoms with Crippen molar-refractivity contribution >= 4 is 32.2 Å². The Hall–Kier alpha value is -2.23. The van der Waals surface area contributed by atoms with Crippen molar-refractivity contribution in [1.29, 1.82) is 0 Å². The number of non-ortho nitro benzene ring substituents is 1. The minimum Gasteiger partial charge on any atom is -0.369 e. The van der Waals surface area contributed by atoms with Gasteiger partial charge in [0, 0.05) is 19.2 Å². The van der Waals surface area contributed by atoms with Gasteiger partial charge in [0.15, 0.2) is 15.4 Å². The van der Waals surface area contributed by atoms with Gasteiger partial charge in [-0.1, -0.05) is 0 Å². The maximum absolute atomic E-state index is 11.6. The fraction of sp³-hybridized carbons (Fsp3) is 0.455. The number of fused-ring (bicyclic) bond motifs is 1. The molecule has 1 fully saturated rings. The molecule has 0 radical (unpaired) electrons. The Morgan fingerprint density at radius 3 is 2.71 bits per heavy atom. The number of rotatable bonds is 3. The quantitative estimate of drug-likeness (QED) is 0.601. The van der Waals surface area contributed by atoms with Crippen molar-refractivity contribution in [2.24, 2.45) is 0 Å². The Morgan fingerprint density at radius 1 is 1.38 bits per heavy atom. The summed E-state index contributed by atoms with van der Waals surface area (Å²) in [6.45, 7) is 0. The topological polar surface area (TPSA) is 119 Å². The summed E-state index contributed by atoms with van der Waals surface area (Å²) in [7, 11) is -1.28. The van der Waals surface area contributed by atoms with E-state index >= 15 is 0 Å². The molecule has 0 aliphatic carbocycles. The molecule has 9 nitrogen and oxygen atoms in total. The highest BCUT2D eigenvalue weighted by atomic mass is 32.2. The first-order chi connectivity index (χ1) is 9.89. The number of sulfone groups is 1. The molecule has 0 bridgehead atoms. The van der Waals surface area contributed by atoms with Crippen LogP contribution in [0.4, 0.5) is 11.4 Å². The molecular weight excluding hydrogens is 300 g/mol. The van der Waals surface area contributed by atoms with Gasteiger partial charge in [0.25, 0.3) is 0 Å². The van der Waals surface area contributed by atoms with Gasteiger partial charge < -0.3 is 4.90 Å². The summed E-state index contributed by atoms with van der Waals surface area (Å²) in [5.74, 6) is 0.211. The third-order valence-electron chi connectivity index (χ3n) is 3.71. The molecule has 1 saturated heterocycles. The number of aromatic nitrogens is 2. The van der Waals surface area contributed by atoms with Crippen molar-refractivity contribution in [3.63, 3.8) is 0 Å². The molecule has 1 unspecified atom stereocenters. The van der Waals surface area contributed by atoms with Gasteiger partial charge in [-0.2, -0.15) is 0 Å². The van der Waals surface area contributed by atoms with Crippen LogP contribution < -0.4 is 4.90 Å². The van der Waals surface area contributed by atoms with Gasteiger partial charge in [-0.15, -0.1) is 0 Å². The molecule has 2 aromatic rings. The molecule has 10 heteroatoms. The molecule has 0 spiro atoms. The van der Waals surface area contributed by atoms with E-state index in [1.807, 2.05) is 0 Å². The lowest BCUT2D eigenvalue weighted by Crippen LogP contribution is -2.32. The molecule has 0 saturated carbocycles. The van der Waals surface area contributed by atoms with E-state index in [4.69, 9.17) is 0 Å². The minimum atomic E-state index is -3.02. The van der Waals surface area contributed by atoms with E-state index in [0.29, 0.717) is 12.1 Å². The molecule has 1 atom stereocenters. The first kappa shape index (κ1) is 13.7. The van der Waals surface area contributed by atoms with E-state index in [-0.39, 0.29) is 34.3 Å². The first-order valence-corrected chi connectivity index (χ1v) is 8.04. The van der Waals surface area contributed by atoms with Crippen LogP contribution in [0, 0.1) is 10.1 Å². The van der Waals surface area contributed by atoms with E-state index in [1.54, 1.807) is 11.9 Å². The van der Waals surface area contributed by atoms with Crippen LogP contribution in [-0.2, 0) is 9.84 Å². The van der Waals surface area contributed by atoms with Gasteiger partial charge in [-0.05, 0) is 22.8 Å². The van der Waals surface area contributed by atoms with Crippen molar-refractivity contribution in [2.45, 2.75) is 12.5 Å². The third kappa shape index (κ3) is 2.31. The van der Waals surface area contributed by atoms with Crippen molar-refractivity contribution < 1.29 is 18.0 Å². The molecule has 1 aliphatic heterocycles. The maximum atomic E-state index is 11.6. The van der Waals surface area contributed by atoms with Gasteiger partial charge in [0.05, 0.1) is 22.1 Å². The summed E-state index contributed by atoms with van der Waals surface area (Å²) in [4.78, 5) is 12.1. The first-order valence-electron chi connectivity index (χ1n) is 6.22. The van der Waals surface area contributed by atoms with Crippen molar-refractivity contribution in [2.75, 3.05) is 23.5 Å². The molecule has 1 aromatic heterocycles. The second-order valence-electron chi connectivity index (χ2n) is 4.99. The third-order valence-corrected chi connectivity index (χ3v) is 5.46. The zero-order chi connectivity index (χ0) is 15.2. The van der Waals surface area contributed by atoms with Gasteiger partial charge in [-0.3, -0.25) is 10.1 Å². The molecule has 0 amide bonds. The molecule has 3 rings (SSSR count). The molecule has 112 valence electrons. The Kier molecular flexibility index (Phi) is 3.04. The van der Waals surface area contributed by atoms with Crippen LogP contribution >= 0.6 is 0 Å². The largest absolute Gasteiger partial charge is 0.369 e. The Labute approximate surface area is 119 Å². The maximum Gasteiger partial charge on any atom is 0.300 e. The monoisotopic (exact) mass is 312 g/mol. The lowest BCUT2D eigenvalue weighted by atomic mass is 10.1. The van der Waals surface area contributed by atoms with Crippen LogP contribution in [0.1, 0.15) is 6.42 Å². The van der Waals surface area contributed by atoms with Crippen LogP contribution in [-0.4, -0.2) is 48.2 Å². The molecule has 2 heterocycles. The van der Waals surface area contributed by atoms with E-state index in [9.17, 15) is 18.5 Å². The van der Waals surface area contributed by atoms with Crippen molar-refractivity contribution in [3.05, 3.63) is 22.2 Å². The Bertz CT molecular complexity index is 815. The summed E-state index contributed by atoms with van der Waals surface area (Å²) in [5.41, 5.74) is 0.697. The van der Waals surface area contributed by atoms with E-state index in [2.05, 4.69) is 14.9 Å². The van der Waals surface area contributed by atoms with Gasteiger partial charge in [-0.25, -0.2) is 13.0 Å². The smallest absolute Gasteiger partial charge is 0.300 e.